The van der Waals surface area contributed by atoms with Gasteiger partial charge in [0.15, 0.2) is 0 Å². The largest absolute Gasteiger partial charge is 0.454 e. The monoisotopic (exact) mass is 487 g/mol. The first-order chi connectivity index (χ1) is 17.4. The summed E-state index contributed by atoms with van der Waals surface area (Å²) in [6.45, 7) is 5.66. The van der Waals surface area contributed by atoms with Crippen molar-refractivity contribution >= 4 is 23.3 Å². The number of nitrogens with zero attached hydrogens (tertiary/aromatic N) is 4. The molecule has 3 aromatic rings. The number of aromatic nitrogens is 2. The Labute approximate surface area is 209 Å². The van der Waals surface area contributed by atoms with Crippen LogP contribution in [0.2, 0.25) is 0 Å². The van der Waals surface area contributed by atoms with Gasteiger partial charge in [-0.25, -0.2) is 9.78 Å². The number of nitro benzene ring substituents is 1. The minimum atomic E-state index is -0.610. The molecule has 2 aromatic carbocycles. The van der Waals surface area contributed by atoms with Crippen molar-refractivity contribution in [1.82, 2.24) is 9.55 Å². The number of imidazole rings is 1. The minimum Gasteiger partial charge on any atom is -0.454 e. The SMILES string of the molecule is CC1=C(C(=O)OC(C)c2ccccc2N2CCCCC2)C(c2cccc([N+](=O)[O-])c2)n2ccnc2N1. The zero-order valence-corrected chi connectivity index (χ0v) is 20.4. The molecule has 3 heterocycles. The fraction of sp³-hybridized carbons (Fsp3) is 0.333. The molecule has 1 N–H and O–H groups in total. The number of para-hydroxylation sites is 1. The lowest BCUT2D eigenvalue weighted by molar-refractivity contribution is -0.384. The Morgan fingerprint density at radius 1 is 1.17 bits per heavy atom. The molecule has 1 fully saturated rings. The summed E-state index contributed by atoms with van der Waals surface area (Å²) in [5.74, 6) is 0.0841. The van der Waals surface area contributed by atoms with E-state index < -0.39 is 23.0 Å². The third-order valence-corrected chi connectivity index (χ3v) is 6.90. The number of allylic oxidation sites excluding steroid dienone is 1. The van der Waals surface area contributed by atoms with Gasteiger partial charge in [-0.3, -0.25) is 10.1 Å². The number of nitro groups is 1. The lowest BCUT2D eigenvalue weighted by atomic mass is 9.95. The molecule has 0 radical (unpaired) electrons. The highest BCUT2D eigenvalue weighted by atomic mass is 16.6. The summed E-state index contributed by atoms with van der Waals surface area (Å²) in [6.07, 6.45) is 6.44. The molecule has 0 amide bonds. The Hall–Kier alpha value is -4.14. The van der Waals surface area contributed by atoms with Crippen LogP contribution in [0.25, 0.3) is 0 Å². The van der Waals surface area contributed by atoms with Crippen molar-refractivity contribution < 1.29 is 14.5 Å². The van der Waals surface area contributed by atoms with E-state index in [4.69, 9.17) is 4.74 Å². The van der Waals surface area contributed by atoms with E-state index in [1.54, 1.807) is 36.0 Å². The fourth-order valence-electron chi connectivity index (χ4n) is 5.14. The van der Waals surface area contributed by atoms with E-state index in [2.05, 4.69) is 21.3 Å². The lowest BCUT2D eigenvalue weighted by Crippen LogP contribution is -2.31. The van der Waals surface area contributed by atoms with E-state index in [0.717, 1.165) is 37.2 Å². The number of carbonyl (C=O) groups excluding carboxylic acids is 1. The van der Waals surface area contributed by atoms with Crippen LogP contribution in [0.1, 0.15) is 56.4 Å². The van der Waals surface area contributed by atoms with Crippen LogP contribution in [0.5, 0.6) is 0 Å². The molecule has 9 heteroatoms. The van der Waals surface area contributed by atoms with Gasteiger partial charge in [-0.2, -0.15) is 0 Å². The highest BCUT2D eigenvalue weighted by molar-refractivity contribution is 5.92. The molecule has 0 aliphatic carbocycles. The second-order valence-electron chi connectivity index (χ2n) is 9.23. The average molecular weight is 488 g/mol. The molecule has 0 spiro atoms. The van der Waals surface area contributed by atoms with Crippen LogP contribution in [-0.4, -0.2) is 33.5 Å². The second kappa shape index (κ2) is 9.85. The maximum atomic E-state index is 13.7. The van der Waals surface area contributed by atoms with Crippen molar-refractivity contribution in [1.29, 1.82) is 0 Å². The van der Waals surface area contributed by atoms with Crippen LogP contribution >= 0.6 is 0 Å². The molecule has 5 rings (SSSR count). The van der Waals surface area contributed by atoms with Crippen molar-refractivity contribution in [3.05, 3.63) is 93.4 Å². The van der Waals surface area contributed by atoms with Gasteiger partial charge in [-0.05, 0) is 44.7 Å². The van der Waals surface area contributed by atoms with E-state index in [0.29, 0.717) is 22.8 Å². The number of hydrogen-bond acceptors (Lipinski definition) is 7. The number of rotatable bonds is 6. The quantitative estimate of drug-likeness (QED) is 0.283. The second-order valence-corrected chi connectivity index (χ2v) is 9.23. The van der Waals surface area contributed by atoms with Crippen LogP contribution in [0.3, 0.4) is 0 Å². The standard InChI is InChI=1S/C27H29N5O4/c1-18-24(25(31-16-13-28-27(31)29-18)20-9-8-10-21(17-20)32(34)35)26(33)36-19(2)22-11-4-5-12-23(22)30-14-6-3-7-15-30/h4-5,8-13,16-17,19,25H,3,6-7,14-15H2,1-2H3,(H,28,29). The van der Waals surface area contributed by atoms with Crippen LogP contribution in [-0.2, 0) is 9.53 Å². The summed E-state index contributed by atoms with van der Waals surface area (Å²) >= 11 is 0. The molecule has 9 nitrogen and oxygen atoms in total. The number of esters is 1. The normalized spacial score (nSPS) is 18.3. The van der Waals surface area contributed by atoms with Gasteiger partial charge in [-0.15, -0.1) is 0 Å². The predicted molar refractivity (Wildman–Crippen MR) is 137 cm³/mol. The van der Waals surface area contributed by atoms with Gasteiger partial charge in [-0.1, -0.05) is 30.3 Å². The van der Waals surface area contributed by atoms with E-state index in [1.165, 1.54) is 18.6 Å². The Morgan fingerprint density at radius 3 is 2.72 bits per heavy atom. The number of piperidine rings is 1. The number of benzene rings is 2. The van der Waals surface area contributed by atoms with Crippen molar-refractivity contribution in [2.45, 2.75) is 45.3 Å². The summed E-state index contributed by atoms with van der Waals surface area (Å²) in [6, 6.07) is 13.8. The van der Waals surface area contributed by atoms with Crippen molar-refractivity contribution in [3.8, 4) is 0 Å². The molecule has 2 aliphatic rings. The van der Waals surface area contributed by atoms with Gasteiger partial charge >= 0.3 is 5.97 Å². The van der Waals surface area contributed by atoms with E-state index in [-0.39, 0.29) is 5.69 Å². The Kier molecular flexibility index (Phi) is 6.45. The van der Waals surface area contributed by atoms with E-state index in [1.807, 2.05) is 25.1 Å². The lowest BCUT2D eigenvalue weighted by Gasteiger charge is -2.33. The Morgan fingerprint density at radius 2 is 1.94 bits per heavy atom. The van der Waals surface area contributed by atoms with Gasteiger partial charge in [0.1, 0.15) is 6.10 Å². The Bertz CT molecular complexity index is 1320. The molecule has 186 valence electrons. The molecule has 1 aromatic heterocycles. The molecule has 2 atom stereocenters. The number of anilines is 2. The van der Waals surface area contributed by atoms with Crippen LogP contribution in [0, 0.1) is 10.1 Å². The van der Waals surface area contributed by atoms with Gasteiger partial charge in [0.05, 0.1) is 16.5 Å². The van der Waals surface area contributed by atoms with Gasteiger partial charge in [0.2, 0.25) is 5.95 Å². The maximum Gasteiger partial charge on any atom is 0.338 e. The maximum absolute atomic E-state index is 13.7. The first-order valence-electron chi connectivity index (χ1n) is 12.2. The highest BCUT2D eigenvalue weighted by Crippen LogP contribution is 2.38. The van der Waals surface area contributed by atoms with Crippen LogP contribution in [0.4, 0.5) is 17.3 Å². The fourth-order valence-corrected chi connectivity index (χ4v) is 5.14. The number of fused-ring (bicyclic) bond motifs is 1. The summed E-state index contributed by atoms with van der Waals surface area (Å²) in [5, 5.41) is 14.6. The number of non-ortho nitro benzene ring substituents is 1. The zero-order chi connectivity index (χ0) is 25.2. The van der Waals surface area contributed by atoms with Crippen LogP contribution < -0.4 is 10.2 Å². The van der Waals surface area contributed by atoms with Crippen molar-refractivity contribution in [3.63, 3.8) is 0 Å². The summed E-state index contributed by atoms with van der Waals surface area (Å²) < 4.78 is 7.87. The Balaban J connectivity index is 1.47. The molecule has 0 bridgehead atoms. The highest BCUT2D eigenvalue weighted by Gasteiger charge is 2.35. The van der Waals surface area contributed by atoms with Gasteiger partial charge < -0.3 is 19.5 Å². The van der Waals surface area contributed by atoms with E-state index in [9.17, 15) is 14.9 Å². The average Bonchev–Trinajstić information content (AvgIpc) is 3.36. The minimum absolute atomic E-state index is 0.0399. The first kappa shape index (κ1) is 23.6. The summed E-state index contributed by atoms with van der Waals surface area (Å²) in [5.41, 5.74) is 3.62. The van der Waals surface area contributed by atoms with Gasteiger partial charge in [0.25, 0.3) is 5.69 Å². The summed E-state index contributed by atoms with van der Waals surface area (Å²) in [4.78, 5) is 31.4. The molecule has 1 saturated heterocycles. The molecule has 0 saturated carbocycles. The van der Waals surface area contributed by atoms with Crippen LogP contribution in [0.15, 0.2) is 72.2 Å². The number of hydrogen-bond donors (Lipinski definition) is 1. The van der Waals surface area contributed by atoms with Gasteiger partial charge in [0, 0.05) is 54.6 Å². The topological polar surface area (TPSA) is 103 Å². The predicted octanol–water partition coefficient (Wildman–Crippen LogP) is 5.37. The molecule has 36 heavy (non-hydrogen) atoms. The molecule has 2 unspecified atom stereocenters. The number of ether oxygens (including phenoxy) is 1. The zero-order valence-electron chi connectivity index (χ0n) is 20.4. The van der Waals surface area contributed by atoms with Crippen molar-refractivity contribution in [2.24, 2.45) is 0 Å². The third-order valence-electron chi connectivity index (χ3n) is 6.90. The molecular weight excluding hydrogens is 458 g/mol. The molecule has 2 aliphatic heterocycles. The number of carbonyl (C=O) groups is 1. The smallest absolute Gasteiger partial charge is 0.338 e. The van der Waals surface area contributed by atoms with E-state index >= 15 is 0 Å². The molecular formula is C27H29N5O4. The first-order valence-corrected chi connectivity index (χ1v) is 12.2. The number of nitrogens with one attached hydrogen (secondary N) is 1. The summed E-state index contributed by atoms with van der Waals surface area (Å²) in [7, 11) is 0. The van der Waals surface area contributed by atoms with Crippen molar-refractivity contribution in [2.75, 3.05) is 23.3 Å². The third kappa shape index (κ3) is 4.44.